The lowest BCUT2D eigenvalue weighted by atomic mass is 10.2. The van der Waals surface area contributed by atoms with Gasteiger partial charge in [-0.05, 0) is 43.7 Å². The maximum atomic E-state index is 13.5. The third-order valence-electron chi connectivity index (χ3n) is 5.47. The zero-order chi connectivity index (χ0) is 24.9. The van der Waals surface area contributed by atoms with Gasteiger partial charge in [0.25, 0.3) is 0 Å². The van der Waals surface area contributed by atoms with Crippen LogP contribution in [0.1, 0.15) is 18.1 Å². The Morgan fingerprint density at radius 1 is 0.971 bits per heavy atom. The zero-order valence-corrected chi connectivity index (χ0v) is 21.4. The minimum atomic E-state index is -3.98. The fourth-order valence-corrected chi connectivity index (χ4v) is 5.23. The molecule has 34 heavy (non-hydrogen) atoms. The Bertz CT molecular complexity index is 1130. The van der Waals surface area contributed by atoms with Gasteiger partial charge in [0.1, 0.15) is 0 Å². The molecule has 184 valence electrons. The van der Waals surface area contributed by atoms with Crippen LogP contribution in [0.4, 0.5) is 4.79 Å². The number of sulfonamides is 1. The van der Waals surface area contributed by atoms with E-state index in [1.165, 1.54) is 17.0 Å². The number of nitrogens with zero attached hydrogens (tertiary/aromatic N) is 3. The van der Waals surface area contributed by atoms with E-state index in [2.05, 4.69) is 0 Å². The van der Waals surface area contributed by atoms with Crippen LogP contribution in [-0.2, 0) is 26.1 Å². The summed E-state index contributed by atoms with van der Waals surface area (Å²) in [4.78, 5) is 28.2. The number of halogens is 2. The molecule has 0 atom stereocenters. The summed E-state index contributed by atoms with van der Waals surface area (Å²) < 4.78 is 33.1. The molecule has 11 heteroatoms. The molecule has 0 N–H and O–H groups in total. The molecule has 1 heterocycles. The Kier molecular flexibility index (Phi) is 8.81. The number of amides is 2. The number of hydrogen-bond acceptors (Lipinski definition) is 5. The van der Waals surface area contributed by atoms with Gasteiger partial charge in [-0.1, -0.05) is 47.0 Å². The molecule has 0 aliphatic carbocycles. The predicted octanol–water partition coefficient (Wildman–Crippen LogP) is 3.79. The minimum absolute atomic E-state index is 0.0539. The molecule has 2 amide bonds. The van der Waals surface area contributed by atoms with Crippen LogP contribution in [0.5, 0.6) is 0 Å². The van der Waals surface area contributed by atoms with E-state index >= 15 is 0 Å². The molecule has 2 aromatic carbocycles. The van der Waals surface area contributed by atoms with Gasteiger partial charge in [-0.2, -0.15) is 4.31 Å². The summed E-state index contributed by atoms with van der Waals surface area (Å²) >= 11 is 12.1. The largest absolute Gasteiger partial charge is 0.450 e. The third-order valence-corrected chi connectivity index (χ3v) is 8.02. The summed E-state index contributed by atoms with van der Waals surface area (Å²) in [6.07, 6.45) is -0.419. The van der Waals surface area contributed by atoms with Crippen molar-refractivity contribution in [1.29, 1.82) is 0 Å². The monoisotopic (exact) mass is 527 g/mol. The van der Waals surface area contributed by atoms with Gasteiger partial charge >= 0.3 is 6.09 Å². The van der Waals surface area contributed by atoms with Crippen molar-refractivity contribution in [2.45, 2.75) is 25.3 Å². The average Bonchev–Trinajstić information content (AvgIpc) is 2.81. The molecule has 8 nitrogen and oxygen atoms in total. The second-order valence-electron chi connectivity index (χ2n) is 7.90. The van der Waals surface area contributed by atoms with Crippen LogP contribution in [0, 0.1) is 6.92 Å². The van der Waals surface area contributed by atoms with Crippen LogP contribution >= 0.6 is 23.2 Å². The first kappa shape index (κ1) is 26.3. The second kappa shape index (κ2) is 11.4. The molecule has 3 rings (SSSR count). The number of benzene rings is 2. The van der Waals surface area contributed by atoms with Gasteiger partial charge in [0.05, 0.1) is 28.1 Å². The summed E-state index contributed by atoms with van der Waals surface area (Å²) in [6.45, 7) is 4.70. The third kappa shape index (κ3) is 6.41. The van der Waals surface area contributed by atoms with E-state index in [1.807, 2.05) is 6.92 Å². The highest BCUT2D eigenvalue weighted by Gasteiger charge is 2.31. The Hall–Kier alpha value is -2.33. The lowest BCUT2D eigenvalue weighted by Gasteiger charge is -2.35. The molecule has 1 saturated heterocycles. The summed E-state index contributed by atoms with van der Waals surface area (Å²) in [5.41, 5.74) is 1.52. The van der Waals surface area contributed by atoms with Crippen molar-refractivity contribution < 1.29 is 22.7 Å². The van der Waals surface area contributed by atoms with E-state index in [0.29, 0.717) is 41.8 Å². The number of piperazine rings is 1. The topological polar surface area (TPSA) is 87.2 Å². The maximum absolute atomic E-state index is 13.5. The first-order valence-corrected chi connectivity index (χ1v) is 13.0. The molecular weight excluding hydrogens is 501 g/mol. The maximum Gasteiger partial charge on any atom is 0.409 e. The SMILES string of the molecule is CCOC(=O)N1CCN(C(=O)CN(Cc2ccc(Cl)c(Cl)c2)S(=O)(=O)c2ccc(C)cc2)CC1. The molecule has 1 aliphatic rings. The number of rotatable bonds is 7. The summed E-state index contributed by atoms with van der Waals surface area (Å²) in [7, 11) is -3.98. The van der Waals surface area contributed by atoms with Crippen molar-refractivity contribution >= 4 is 45.2 Å². The second-order valence-corrected chi connectivity index (χ2v) is 10.7. The van der Waals surface area contributed by atoms with Crippen LogP contribution < -0.4 is 0 Å². The first-order valence-electron chi connectivity index (χ1n) is 10.8. The first-order chi connectivity index (χ1) is 16.1. The van der Waals surface area contributed by atoms with Gasteiger partial charge in [0, 0.05) is 32.7 Å². The van der Waals surface area contributed by atoms with Crippen molar-refractivity contribution in [3.05, 3.63) is 63.6 Å². The normalized spacial score (nSPS) is 14.4. The van der Waals surface area contributed by atoms with Crippen LogP contribution in [0.2, 0.25) is 10.0 Å². The van der Waals surface area contributed by atoms with Gasteiger partial charge in [0.15, 0.2) is 0 Å². The lowest BCUT2D eigenvalue weighted by Crippen LogP contribution is -2.53. The fraction of sp³-hybridized carbons (Fsp3) is 0.391. The summed E-state index contributed by atoms with van der Waals surface area (Å²) in [5.74, 6) is -0.348. The summed E-state index contributed by atoms with van der Waals surface area (Å²) in [6, 6.07) is 11.3. The molecule has 0 aromatic heterocycles. The average molecular weight is 528 g/mol. The molecule has 0 bridgehead atoms. The highest BCUT2D eigenvalue weighted by molar-refractivity contribution is 7.89. The molecule has 0 radical (unpaired) electrons. The number of aryl methyl sites for hydroxylation is 1. The fourth-order valence-electron chi connectivity index (χ4n) is 3.53. The van der Waals surface area contributed by atoms with Crippen LogP contribution in [0.15, 0.2) is 47.4 Å². The standard InChI is InChI=1S/C23H27Cl2N3O5S/c1-3-33-23(30)27-12-10-26(11-13-27)22(29)16-28(15-18-6-9-20(24)21(25)14-18)34(31,32)19-7-4-17(2)5-8-19/h4-9,14H,3,10-13,15-16H2,1-2H3. The molecule has 0 spiro atoms. The molecule has 1 fully saturated rings. The number of carbonyl (C=O) groups is 2. The van der Waals surface area contributed by atoms with Crippen LogP contribution in [0.3, 0.4) is 0 Å². The smallest absolute Gasteiger partial charge is 0.409 e. The predicted molar refractivity (Wildman–Crippen MR) is 130 cm³/mol. The molecule has 0 saturated carbocycles. The molecule has 2 aromatic rings. The lowest BCUT2D eigenvalue weighted by molar-refractivity contribution is -0.133. The van der Waals surface area contributed by atoms with E-state index in [0.717, 1.165) is 9.87 Å². The van der Waals surface area contributed by atoms with E-state index in [1.54, 1.807) is 42.2 Å². The quantitative estimate of drug-likeness (QED) is 0.546. The highest BCUT2D eigenvalue weighted by atomic mass is 35.5. The van der Waals surface area contributed by atoms with Crippen LogP contribution in [0.25, 0.3) is 0 Å². The van der Waals surface area contributed by atoms with E-state index in [-0.39, 0.29) is 30.5 Å². The van der Waals surface area contributed by atoms with Crippen molar-refractivity contribution in [2.24, 2.45) is 0 Å². The van der Waals surface area contributed by atoms with Gasteiger partial charge in [-0.3, -0.25) is 4.79 Å². The molecule has 1 aliphatic heterocycles. The molecular formula is C23H27Cl2N3O5S. The highest BCUT2D eigenvalue weighted by Crippen LogP contribution is 2.25. The van der Waals surface area contributed by atoms with Crippen molar-refractivity contribution in [1.82, 2.24) is 14.1 Å². The Balaban J connectivity index is 1.79. The number of hydrogen-bond donors (Lipinski definition) is 0. The van der Waals surface area contributed by atoms with Crippen molar-refractivity contribution in [3.63, 3.8) is 0 Å². The number of ether oxygens (including phenoxy) is 1. The summed E-state index contributed by atoms with van der Waals surface area (Å²) in [5, 5.41) is 0.655. The van der Waals surface area contributed by atoms with Gasteiger partial charge in [-0.15, -0.1) is 0 Å². The van der Waals surface area contributed by atoms with Crippen molar-refractivity contribution in [2.75, 3.05) is 39.3 Å². The van der Waals surface area contributed by atoms with Gasteiger partial charge < -0.3 is 14.5 Å². The minimum Gasteiger partial charge on any atom is -0.450 e. The van der Waals surface area contributed by atoms with Crippen molar-refractivity contribution in [3.8, 4) is 0 Å². The Morgan fingerprint density at radius 2 is 1.59 bits per heavy atom. The van der Waals surface area contributed by atoms with Gasteiger partial charge in [-0.25, -0.2) is 13.2 Å². The van der Waals surface area contributed by atoms with Crippen LogP contribution in [-0.4, -0.2) is 73.9 Å². The van der Waals surface area contributed by atoms with Gasteiger partial charge in [0.2, 0.25) is 15.9 Å². The Morgan fingerprint density at radius 3 is 2.18 bits per heavy atom. The van der Waals surface area contributed by atoms with E-state index in [4.69, 9.17) is 27.9 Å². The zero-order valence-electron chi connectivity index (χ0n) is 19.0. The number of carbonyl (C=O) groups excluding carboxylic acids is 2. The Labute approximate surface area is 210 Å². The van der Waals surface area contributed by atoms with E-state index in [9.17, 15) is 18.0 Å². The van der Waals surface area contributed by atoms with E-state index < -0.39 is 16.1 Å². The molecule has 0 unspecified atom stereocenters.